The summed E-state index contributed by atoms with van der Waals surface area (Å²) in [6.45, 7) is 8.23. The second-order valence-corrected chi connectivity index (χ2v) is 3.71. The fourth-order valence-electron chi connectivity index (χ4n) is 1.28. The summed E-state index contributed by atoms with van der Waals surface area (Å²) in [5.74, 6) is 0.0433. The Hall–Kier alpha value is -0.870. The van der Waals surface area contributed by atoms with Gasteiger partial charge in [0.25, 0.3) is 0 Å². The van der Waals surface area contributed by atoms with Gasteiger partial charge in [0.1, 0.15) is 0 Å². The molecule has 0 rings (SSSR count). The molecule has 0 radical (unpaired) electrons. The summed E-state index contributed by atoms with van der Waals surface area (Å²) in [6.07, 6.45) is 2.50. The van der Waals surface area contributed by atoms with Crippen molar-refractivity contribution in [1.82, 2.24) is 4.90 Å². The van der Waals surface area contributed by atoms with Crippen molar-refractivity contribution in [2.75, 3.05) is 19.7 Å². The van der Waals surface area contributed by atoms with E-state index in [9.17, 15) is 4.79 Å². The van der Waals surface area contributed by atoms with E-state index in [-0.39, 0.29) is 18.4 Å². The molecule has 0 heterocycles. The Morgan fingerprint density at radius 3 is 2.67 bits per heavy atom. The van der Waals surface area contributed by atoms with Crippen LogP contribution in [-0.2, 0) is 4.79 Å². The summed E-state index contributed by atoms with van der Waals surface area (Å²) in [7, 11) is 0. The van der Waals surface area contributed by atoms with Crippen LogP contribution in [0.2, 0.25) is 0 Å². The number of aliphatic hydroxyl groups is 1. The molecule has 0 aliphatic rings. The number of nitrogens with two attached hydrogens (primary N) is 1. The maximum absolute atomic E-state index is 11.9. The predicted molar refractivity (Wildman–Crippen MR) is 61.3 cm³/mol. The minimum atomic E-state index is -0.485. The first-order chi connectivity index (χ1) is 7.08. The van der Waals surface area contributed by atoms with Gasteiger partial charge in [-0.3, -0.25) is 4.79 Å². The summed E-state index contributed by atoms with van der Waals surface area (Å²) in [5, 5.41) is 8.82. The summed E-state index contributed by atoms with van der Waals surface area (Å²) in [5.41, 5.74) is 5.83. The number of aliphatic hydroxyl groups excluding tert-OH is 1. The van der Waals surface area contributed by atoms with Gasteiger partial charge in [-0.05, 0) is 5.92 Å². The summed E-state index contributed by atoms with van der Waals surface area (Å²) in [6, 6.07) is -0.485. The van der Waals surface area contributed by atoms with Gasteiger partial charge in [-0.15, -0.1) is 6.58 Å². The second kappa shape index (κ2) is 7.43. The highest BCUT2D eigenvalue weighted by molar-refractivity contribution is 5.82. The number of carbonyl (C=O) groups excluding carboxylic acids is 1. The average Bonchev–Trinajstić information content (AvgIpc) is 2.25. The molecule has 0 aliphatic heterocycles. The Bertz CT molecular complexity index is 207. The van der Waals surface area contributed by atoms with Crippen molar-refractivity contribution in [3.05, 3.63) is 12.7 Å². The topological polar surface area (TPSA) is 66.6 Å². The van der Waals surface area contributed by atoms with Gasteiger partial charge in [-0.1, -0.05) is 26.3 Å². The molecule has 0 aliphatic carbocycles. The quantitative estimate of drug-likeness (QED) is 0.602. The van der Waals surface area contributed by atoms with Crippen LogP contribution in [-0.4, -0.2) is 41.7 Å². The standard InChI is InChI=1S/C11H22N2O2/c1-4-6-13(7-8-14)11(15)10(12)9(3)5-2/h4,9-10,14H,1,5-8,12H2,2-3H3. The minimum Gasteiger partial charge on any atom is -0.395 e. The Balaban J connectivity index is 4.40. The van der Waals surface area contributed by atoms with Crippen LogP contribution in [0.25, 0.3) is 0 Å². The molecule has 0 spiro atoms. The molecule has 3 N–H and O–H groups in total. The molecule has 0 bridgehead atoms. The summed E-state index contributed by atoms with van der Waals surface area (Å²) >= 11 is 0. The lowest BCUT2D eigenvalue weighted by Gasteiger charge is -2.26. The van der Waals surface area contributed by atoms with Gasteiger partial charge in [0.05, 0.1) is 12.6 Å². The van der Waals surface area contributed by atoms with E-state index in [0.717, 1.165) is 6.42 Å². The van der Waals surface area contributed by atoms with E-state index in [4.69, 9.17) is 10.8 Å². The van der Waals surface area contributed by atoms with Crippen LogP contribution in [0.4, 0.5) is 0 Å². The molecule has 0 aromatic heterocycles. The first kappa shape index (κ1) is 14.1. The lowest BCUT2D eigenvalue weighted by Crippen LogP contribution is -2.48. The lowest BCUT2D eigenvalue weighted by molar-refractivity contribution is -0.133. The van der Waals surface area contributed by atoms with Crippen LogP contribution in [0, 0.1) is 5.92 Å². The fraction of sp³-hybridized carbons (Fsp3) is 0.727. The number of nitrogens with zero attached hydrogens (tertiary/aromatic N) is 1. The molecule has 15 heavy (non-hydrogen) atoms. The molecule has 2 unspecified atom stereocenters. The SMILES string of the molecule is C=CCN(CCO)C(=O)C(N)C(C)CC. The van der Waals surface area contributed by atoms with Gasteiger partial charge in [0.2, 0.25) is 5.91 Å². The van der Waals surface area contributed by atoms with E-state index >= 15 is 0 Å². The molecular weight excluding hydrogens is 192 g/mol. The molecule has 4 heteroatoms. The van der Waals surface area contributed by atoms with E-state index in [1.54, 1.807) is 6.08 Å². The van der Waals surface area contributed by atoms with Crippen molar-refractivity contribution in [2.45, 2.75) is 26.3 Å². The highest BCUT2D eigenvalue weighted by Crippen LogP contribution is 2.08. The largest absolute Gasteiger partial charge is 0.395 e. The lowest BCUT2D eigenvalue weighted by atomic mass is 9.99. The van der Waals surface area contributed by atoms with Gasteiger partial charge in [-0.25, -0.2) is 0 Å². The summed E-state index contributed by atoms with van der Waals surface area (Å²) < 4.78 is 0. The molecule has 2 atom stereocenters. The predicted octanol–water partition coefficient (Wildman–Crippen LogP) is 0.367. The molecular formula is C11H22N2O2. The van der Waals surface area contributed by atoms with Gasteiger partial charge in [0.15, 0.2) is 0 Å². The molecule has 0 aromatic carbocycles. The van der Waals surface area contributed by atoms with Gasteiger partial charge in [-0.2, -0.15) is 0 Å². The zero-order valence-electron chi connectivity index (χ0n) is 9.65. The van der Waals surface area contributed by atoms with E-state index in [1.165, 1.54) is 4.90 Å². The number of amides is 1. The van der Waals surface area contributed by atoms with Crippen molar-refractivity contribution in [3.8, 4) is 0 Å². The molecule has 0 aromatic rings. The third kappa shape index (κ3) is 4.44. The Labute approximate surface area is 91.8 Å². The van der Waals surface area contributed by atoms with Crippen LogP contribution in [0.5, 0.6) is 0 Å². The van der Waals surface area contributed by atoms with E-state index in [2.05, 4.69) is 6.58 Å². The monoisotopic (exact) mass is 214 g/mol. The van der Waals surface area contributed by atoms with Crippen molar-refractivity contribution in [3.63, 3.8) is 0 Å². The Kier molecular flexibility index (Phi) is 6.99. The van der Waals surface area contributed by atoms with Gasteiger partial charge < -0.3 is 15.7 Å². The van der Waals surface area contributed by atoms with Crippen LogP contribution in [0.3, 0.4) is 0 Å². The smallest absolute Gasteiger partial charge is 0.240 e. The molecule has 0 saturated carbocycles. The molecule has 4 nitrogen and oxygen atoms in total. The maximum Gasteiger partial charge on any atom is 0.240 e. The van der Waals surface area contributed by atoms with E-state index in [0.29, 0.717) is 13.1 Å². The normalized spacial score (nSPS) is 14.4. The fourth-order valence-corrected chi connectivity index (χ4v) is 1.28. The first-order valence-corrected chi connectivity index (χ1v) is 5.34. The third-order valence-corrected chi connectivity index (χ3v) is 2.57. The molecule has 0 saturated heterocycles. The first-order valence-electron chi connectivity index (χ1n) is 5.34. The van der Waals surface area contributed by atoms with E-state index in [1.807, 2.05) is 13.8 Å². The Morgan fingerprint density at radius 2 is 2.27 bits per heavy atom. The number of rotatable bonds is 7. The van der Waals surface area contributed by atoms with Crippen molar-refractivity contribution < 1.29 is 9.90 Å². The van der Waals surface area contributed by atoms with Crippen LogP contribution < -0.4 is 5.73 Å². The Morgan fingerprint density at radius 1 is 1.67 bits per heavy atom. The zero-order valence-corrected chi connectivity index (χ0v) is 9.65. The van der Waals surface area contributed by atoms with Crippen molar-refractivity contribution in [1.29, 1.82) is 0 Å². The minimum absolute atomic E-state index is 0.0488. The molecule has 88 valence electrons. The van der Waals surface area contributed by atoms with Crippen LogP contribution in [0.15, 0.2) is 12.7 Å². The number of carbonyl (C=O) groups is 1. The van der Waals surface area contributed by atoms with Gasteiger partial charge >= 0.3 is 0 Å². The molecule has 1 amide bonds. The molecule has 0 fully saturated rings. The van der Waals surface area contributed by atoms with Crippen LogP contribution >= 0.6 is 0 Å². The average molecular weight is 214 g/mol. The second-order valence-electron chi connectivity index (χ2n) is 3.71. The highest BCUT2D eigenvalue weighted by Gasteiger charge is 2.23. The maximum atomic E-state index is 11.9. The number of hydrogen-bond acceptors (Lipinski definition) is 3. The van der Waals surface area contributed by atoms with Crippen molar-refractivity contribution in [2.24, 2.45) is 11.7 Å². The number of hydrogen-bond donors (Lipinski definition) is 2. The van der Waals surface area contributed by atoms with E-state index < -0.39 is 6.04 Å². The van der Waals surface area contributed by atoms with Crippen molar-refractivity contribution >= 4 is 5.91 Å². The zero-order chi connectivity index (χ0) is 11.8. The highest BCUT2D eigenvalue weighted by atomic mass is 16.3. The van der Waals surface area contributed by atoms with Gasteiger partial charge in [0, 0.05) is 13.1 Å². The van der Waals surface area contributed by atoms with Crippen LogP contribution in [0.1, 0.15) is 20.3 Å². The third-order valence-electron chi connectivity index (χ3n) is 2.57. The summed E-state index contributed by atoms with van der Waals surface area (Å²) in [4.78, 5) is 13.4.